The van der Waals surface area contributed by atoms with Gasteiger partial charge in [0.15, 0.2) is 0 Å². The number of nitrogens with zero attached hydrogens (tertiary/aromatic N) is 1. The molecule has 0 heterocycles. The average molecular weight is 315 g/mol. The first-order valence-electron chi connectivity index (χ1n) is 7.74. The number of terminal acetylenes is 1. The second kappa shape index (κ2) is 8.08. The fourth-order valence-corrected chi connectivity index (χ4v) is 2.55. The van der Waals surface area contributed by atoms with Gasteiger partial charge in [-0.2, -0.15) is 0 Å². The van der Waals surface area contributed by atoms with Crippen molar-refractivity contribution in [1.29, 1.82) is 0 Å². The molecule has 116 valence electrons. The Kier molecular flexibility index (Phi) is 6.12. The van der Waals surface area contributed by atoms with Gasteiger partial charge in [-0.1, -0.05) is 43.2 Å². The van der Waals surface area contributed by atoms with Crippen LogP contribution in [0.1, 0.15) is 38.2 Å². The van der Waals surface area contributed by atoms with Crippen LogP contribution in [0.3, 0.4) is 0 Å². The molecule has 1 aromatic rings. The summed E-state index contributed by atoms with van der Waals surface area (Å²) in [5.74, 6) is 8.98. The predicted molar refractivity (Wildman–Crippen MR) is 93.9 cm³/mol. The minimum Gasteiger partial charge on any atom is -0.287 e. The van der Waals surface area contributed by atoms with E-state index in [1.165, 1.54) is 11.1 Å². The van der Waals surface area contributed by atoms with Gasteiger partial charge < -0.3 is 0 Å². The maximum Gasteiger partial charge on any atom is 0.0443 e. The van der Waals surface area contributed by atoms with Crippen LogP contribution >= 0.6 is 11.6 Å². The Hall–Kier alpha value is -1.69. The molecule has 1 unspecified atom stereocenters. The number of allylic oxidation sites excluding steroid dienone is 4. The van der Waals surface area contributed by atoms with Crippen LogP contribution in [0.25, 0.3) is 0 Å². The molecule has 1 fully saturated rings. The molecule has 2 rings (SSSR count). The summed E-state index contributed by atoms with van der Waals surface area (Å²) in [6.07, 6.45) is 11.8. The lowest BCUT2D eigenvalue weighted by molar-refractivity contribution is 0.415. The smallest absolute Gasteiger partial charge is 0.0443 e. The third kappa shape index (κ3) is 4.66. The first kappa shape index (κ1) is 16.7. The molecule has 1 aliphatic carbocycles. The summed E-state index contributed by atoms with van der Waals surface area (Å²) in [6, 6.07) is 10.4. The second-order valence-electron chi connectivity index (χ2n) is 5.59. The van der Waals surface area contributed by atoms with Crippen molar-refractivity contribution < 1.29 is 0 Å². The number of rotatable bonds is 7. The van der Waals surface area contributed by atoms with Crippen LogP contribution in [-0.4, -0.2) is 10.4 Å². The molecule has 0 bridgehead atoms. The molecular weight excluding hydrogens is 292 g/mol. The van der Waals surface area contributed by atoms with E-state index >= 15 is 0 Å². The van der Waals surface area contributed by atoms with Crippen LogP contribution in [0.15, 0.2) is 53.4 Å². The van der Waals surface area contributed by atoms with Gasteiger partial charge >= 0.3 is 0 Å². The van der Waals surface area contributed by atoms with Gasteiger partial charge in [-0.3, -0.25) is 5.01 Å². The normalized spacial score (nSPS) is 15.2. The van der Waals surface area contributed by atoms with Gasteiger partial charge in [-0.05, 0) is 30.4 Å². The van der Waals surface area contributed by atoms with Gasteiger partial charge in [0, 0.05) is 35.7 Å². The quantitative estimate of drug-likeness (QED) is 0.350. The monoisotopic (exact) mass is 314 g/mol. The van der Waals surface area contributed by atoms with Crippen molar-refractivity contribution in [2.75, 3.05) is 0 Å². The zero-order valence-electron chi connectivity index (χ0n) is 13.1. The number of hydrogen-bond donors (Lipinski definition) is 1. The Morgan fingerprint density at radius 2 is 2.09 bits per heavy atom. The summed E-state index contributed by atoms with van der Waals surface area (Å²) in [7, 11) is 0. The molecule has 2 nitrogen and oxygen atoms in total. The van der Waals surface area contributed by atoms with Gasteiger partial charge in [-0.25, -0.2) is 5.84 Å². The molecule has 0 spiro atoms. The van der Waals surface area contributed by atoms with Crippen molar-refractivity contribution in [2.45, 2.75) is 44.4 Å². The van der Waals surface area contributed by atoms with E-state index in [4.69, 9.17) is 23.9 Å². The van der Waals surface area contributed by atoms with Gasteiger partial charge in [0.05, 0.1) is 0 Å². The lowest BCUT2D eigenvalue weighted by Gasteiger charge is -2.26. The molecule has 1 aromatic carbocycles. The molecule has 1 atom stereocenters. The van der Waals surface area contributed by atoms with Crippen molar-refractivity contribution in [3.05, 3.63) is 58.9 Å². The van der Waals surface area contributed by atoms with E-state index < -0.39 is 0 Å². The van der Waals surface area contributed by atoms with Gasteiger partial charge in [0.1, 0.15) is 0 Å². The molecule has 0 saturated heterocycles. The summed E-state index contributed by atoms with van der Waals surface area (Å²) in [5, 5.41) is 1.81. The first-order chi connectivity index (χ1) is 10.7. The Balaban J connectivity index is 2.19. The van der Waals surface area contributed by atoms with Crippen molar-refractivity contribution in [2.24, 2.45) is 5.84 Å². The molecule has 0 aromatic heterocycles. The highest BCUT2D eigenvalue weighted by atomic mass is 35.5. The van der Waals surface area contributed by atoms with Crippen molar-refractivity contribution in [3.63, 3.8) is 0 Å². The summed E-state index contributed by atoms with van der Waals surface area (Å²) in [4.78, 5) is 0. The fourth-order valence-electron chi connectivity index (χ4n) is 2.39. The number of hydrazine groups is 1. The maximum atomic E-state index is 6.39. The highest BCUT2D eigenvalue weighted by molar-refractivity contribution is 6.20. The number of nitrogens with two attached hydrogens (primary N) is 1. The van der Waals surface area contributed by atoms with E-state index in [1.54, 1.807) is 11.1 Å². The standard InChI is InChI=1S/C19H23ClN2/c1-3-8-18(14-17(20)4-2)22(21)19(16-11-12-16)13-15-9-6-5-7-10-15/h1,5-10,17H,4,11-14,21H2,2H3/b18-8+. The molecule has 0 radical (unpaired) electrons. The second-order valence-corrected chi connectivity index (χ2v) is 6.21. The Morgan fingerprint density at radius 1 is 1.41 bits per heavy atom. The SMILES string of the molecule is C#C/C=C(\CC(Cl)CC)N(N)C(Cc1ccccc1)=C1CC1. The van der Waals surface area contributed by atoms with E-state index in [1.807, 2.05) is 6.07 Å². The minimum atomic E-state index is 0.0489. The van der Waals surface area contributed by atoms with Gasteiger partial charge in [0.2, 0.25) is 0 Å². The number of alkyl halides is 1. The molecule has 3 heteroatoms. The Bertz CT molecular complexity index is 590. The third-order valence-electron chi connectivity index (χ3n) is 3.85. The van der Waals surface area contributed by atoms with E-state index in [0.717, 1.165) is 37.1 Å². The molecule has 1 saturated carbocycles. The summed E-state index contributed by atoms with van der Waals surface area (Å²) in [5.41, 5.74) is 4.74. The molecule has 0 aliphatic heterocycles. The zero-order valence-corrected chi connectivity index (χ0v) is 13.8. The summed E-state index contributed by atoms with van der Waals surface area (Å²) < 4.78 is 0. The van der Waals surface area contributed by atoms with Crippen LogP contribution in [0.4, 0.5) is 0 Å². The van der Waals surface area contributed by atoms with Crippen molar-refractivity contribution in [1.82, 2.24) is 5.01 Å². The molecular formula is C19H23ClN2. The van der Waals surface area contributed by atoms with Crippen LogP contribution in [0.5, 0.6) is 0 Å². The van der Waals surface area contributed by atoms with E-state index in [9.17, 15) is 0 Å². The van der Waals surface area contributed by atoms with E-state index in [2.05, 4.69) is 37.1 Å². The lowest BCUT2D eigenvalue weighted by Crippen LogP contribution is -2.32. The van der Waals surface area contributed by atoms with Crippen LogP contribution < -0.4 is 5.84 Å². The zero-order chi connectivity index (χ0) is 15.9. The van der Waals surface area contributed by atoms with Gasteiger partial charge in [0.25, 0.3) is 0 Å². The Labute approximate surface area is 138 Å². The van der Waals surface area contributed by atoms with Crippen molar-refractivity contribution >= 4 is 11.6 Å². The molecule has 22 heavy (non-hydrogen) atoms. The topological polar surface area (TPSA) is 29.3 Å². The molecule has 2 N–H and O–H groups in total. The van der Waals surface area contributed by atoms with E-state index in [0.29, 0.717) is 6.42 Å². The van der Waals surface area contributed by atoms with Crippen LogP contribution in [0, 0.1) is 12.3 Å². The third-order valence-corrected chi connectivity index (χ3v) is 4.31. The average Bonchev–Trinajstić information content (AvgIpc) is 3.37. The number of halogens is 1. The number of benzene rings is 1. The molecule has 0 amide bonds. The molecule has 1 aliphatic rings. The van der Waals surface area contributed by atoms with E-state index in [-0.39, 0.29) is 5.38 Å². The van der Waals surface area contributed by atoms with Crippen molar-refractivity contribution in [3.8, 4) is 12.3 Å². The summed E-state index contributed by atoms with van der Waals surface area (Å²) in [6.45, 7) is 2.07. The largest absolute Gasteiger partial charge is 0.287 e. The lowest BCUT2D eigenvalue weighted by atomic mass is 10.1. The van der Waals surface area contributed by atoms with Crippen LogP contribution in [0.2, 0.25) is 0 Å². The maximum absolute atomic E-state index is 6.39. The highest BCUT2D eigenvalue weighted by Gasteiger charge is 2.23. The minimum absolute atomic E-state index is 0.0489. The van der Waals surface area contributed by atoms with Gasteiger partial charge in [-0.15, -0.1) is 18.0 Å². The Morgan fingerprint density at radius 3 is 2.64 bits per heavy atom. The predicted octanol–water partition coefficient (Wildman–Crippen LogP) is 4.38. The van der Waals surface area contributed by atoms with Crippen LogP contribution in [-0.2, 0) is 6.42 Å². The summed E-state index contributed by atoms with van der Waals surface area (Å²) >= 11 is 6.29. The first-order valence-corrected chi connectivity index (χ1v) is 8.18. The fraction of sp³-hybridized carbons (Fsp3) is 0.368. The highest BCUT2D eigenvalue weighted by Crippen LogP contribution is 2.35. The number of hydrogen-bond acceptors (Lipinski definition) is 2.